The predicted molar refractivity (Wildman–Crippen MR) is 228 cm³/mol. The van der Waals surface area contributed by atoms with E-state index in [2.05, 4.69) is 211 Å². The molecule has 1 aromatic heterocycles. The molecule has 0 saturated heterocycles. The first-order valence-corrected chi connectivity index (χ1v) is 18.4. The topological polar surface area (TPSA) is 16.4 Å². The van der Waals surface area contributed by atoms with Crippen molar-refractivity contribution in [2.45, 2.75) is 0 Å². The molecule has 10 rings (SSSR count). The fourth-order valence-corrected chi connectivity index (χ4v) is 7.85. The summed E-state index contributed by atoms with van der Waals surface area (Å²) in [4.78, 5) is 2.37. The molecule has 0 N–H and O–H groups in total. The van der Waals surface area contributed by atoms with Crippen molar-refractivity contribution in [1.82, 2.24) is 0 Å². The van der Waals surface area contributed by atoms with Crippen molar-refractivity contribution >= 4 is 49.8 Å². The zero-order chi connectivity index (χ0) is 35.8. The SMILES string of the molecule is c1ccc(-c2ccccc2-c2ccc(N(c3ccc(-c4ccc5oc6c(-c7ccccc7)cccc6c5c4)cc3)c3cccc4ccccc34)cc2)cc1. The molecule has 1 heterocycles. The Hall–Kier alpha value is -7.16. The minimum atomic E-state index is 0.894. The van der Waals surface area contributed by atoms with Crippen molar-refractivity contribution < 1.29 is 4.42 Å². The summed E-state index contributed by atoms with van der Waals surface area (Å²) in [6.45, 7) is 0. The molecule has 0 radical (unpaired) electrons. The molecule has 10 aromatic rings. The number of anilines is 3. The maximum Gasteiger partial charge on any atom is 0.143 e. The van der Waals surface area contributed by atoms with Crippen LogP contribution in [0.4, 0.5) is 17.1 Å². The first-order chi connectivity index (χ1) is 26.8. The molecule has 0 bridgehead atoms. The lowest BCUT2D eigenvalue weighted by Gasteiger charge is -2.27. The Kier molecular flexibility index (Phi) is 7.85. The molecule has 0 aliphatic heterocycles. The van der Waals surface area contributed by atoms with Gasteiger partial charge in [0.15, 0.2) is 0 Å². The van der Waals surface area contributed by atoms with Crippen LogP contribution in [-0.4, -0.2) is 0 Å². The molecule has 54 heavy (non-hydrogen) atoms. The molecule has 0 atom stereocenters. The molecule has 254 valence electrons. The highest BCUT2D eigenvalue weighted by Gasteiger charge is 2.17. The summed E-state index contributed by atoms with van der Waals surface area (Å²) >= 11 is 0. The highest BCUT2D eigenvalue weighted by Crippen LogP contribution is 2.42. The van der Waals surface area contributed by atoms with E-state index in [1.165, 1.54) is 33.0 Å². The standard InChI is InChI=1S/C52H35NO/c1-3-13-37(14-4-1)44-19-9-10-20-45(44)40-27-32-43(33-28-40)53(50-24-11-18-38-17-7-8-21-46(38)50)42-30-25-36(26-31-42)41-29-34-51-49(35-41)48-23-12-22-47(52(48)54-51)39-15-5-2-6-16-39/h1-35H. The van der Waals surface area contributed by atoms with Crippen molar-refractivity contribution in [3.05, 3.63) is 212 Å². The fraction of sp³-hybridized carbons (Fsp3) is 0. The van der Waals surface area contributed by atoms with Gasteiger partial charge in [0.2, 0.25) is 0 Å². The molecule has 2 nitrogen and oxygen atoms in total. The second-order valence-electron chi connectivity index (χ2n) is 13.7. The predicted octanol–water partition coefficient (Wildman–Crippen LogP) is 14.9. The summed E-state index contributed by atoms with van der Waals surface area (Å²) in [5.41, 5.74) is 14.6. The van der Waals surface area contributed by atoms with Crippen LogP contribution < -0.4 is 4.90 Å². The highest BCUT2D eigenvalue weighted by atomic mass is 16.3. The average molecular weight is 690 g/mol. The van der Waals surface area contributed by atoms with E-state index in [0.717, 1.165) is 61.3 Å². The molecule has 0 amide bonds. The van der Waals surface area contributed by atoms with Crippen LogP contribution in [0.25, 0.3) is 77.2 Å². The summed E-state index contributed by atoms with van der Waals surface area (Å²) in [5.74, 6) is 0. The number of fused-ring (bicyclic) bond motifs is 4. The zero-order valence-electron chi connectivity index (χ0n) is 29.6. The van der Waals surface area contributed by atoms with Crippen LogP contribution in [0.1, 0.15) is 0 Å². The van der Waals surface area contributed by atoms with Gasteiger partial charge in [-0.1, -0.05) is 170 Å². The van der Waals surface area contributed by atoms with Crippen molar-refractivity contribution in [1.29, 1.82) is 0 Å². The van der Waals surface area contributed by atoms with Crippen LogP contribution in [0.3, 0.4) is 0 Å². The molecule has 0 fully saturated rings. The lowest BCUT2D eigenvalue weighted by atomic mass is 9.94. The van der Waals surface area contributed by atoms with Crippen molar-refractivity contribution in [3.8, 4) is 44.5 Å². The second kappa shape index (κ2) is 13.4. The number of furan rings is 1. The minimum Gasteiger partial charge on any atom is -0.455 e. The van der Waals surface area contributed by atoms with Gasteiger partial charge in [0.05, 0.1) is 5.69 Å². The third-order valence-corrected chi connectivity index (χ3v) is 10.5. The molecule has 0 spiro atoms. The highest BCUT2D eigenvalue weighted by molar-refractivity contribution is 6.10. The van der Waals surface area contributed by atoms with Gasteiger partial charge < -0.3 is 9.32 Å². The lowest BCUT2D eigenvalue weighted by molar-refractivity contribution is 0.670. The number of nitrogens with zero attached hydrogens (tertiary/aromatic N) is 1. The van der Waals surface area contributed by atoms with E-state index < -0.39 is 0 Å². The Morgan fingerprint density at radius 2 is 0.815 bits per heavy atom. The molecule has 0 aliphatic rings. The molecular formula is C52H35NO. The third-order valence-electron chi connectivity index (χ3n) is 10.5. The summed E-state index contributed by atoms with van der Waals surface area (Å²) in [5, 5.41) is 4.66. The van der Waals surface area contributed by atoms with Gasteiger partial charge in [-0.15, -0.1) is 0 Å². The maximum absolute atomic E-state index is 6.47. The van der Waals surface area contributed by atoms with Gasteiger partial charge in [-0.05, 0) is 86.8 Å². The van der Waals surface area contributed by atoms with E-state index in [1.807, 2.05) is 6.07 Å². The fourth-order valence-electron chi connectivity index (χ4n) is 7.85. The van der Waals surface area contributed by atoms with Crippen molar-refractivity contribution in [2.24, 2.45) is 0 Å². The third kappa shape index (κ3) is 5.62. The first kappa shape index (κ1) is 31.6. The normalized spacial score (nSPS) is 11.3. The summed E-state index contributed by atoms with van der Waals surface area (Å²) < 4.78 is 6.47. The first-order valence-electron chi connectivity index (χ1n) is 18.4. The van der Waals surface area contributed by atoms with E-state index in [4.69, 9.17) is 4.42 Å². The Bertz CT molecular complexity index is 2900. The van der Waals surface area contributed by atoms with E-state index in [1.54, 1.807) is 0 Å². The number of para-hydroxylation sites is 1. The molecule has 9 aromatic carbocycles. The molecule has 0 aliphatic carbocycles. The van der Waals surface area contributed by atoms with Crippen LogP contribution in [0.15, 0.2) is 217 Å². The number of rotatable bonds is 7. The Balaban J connectivity index is 1.04. The van der Waals surface area contributed by atoms with Gasteiger partial charge in [-0.2, -0.15) is 0 Å². The van der Waals surface area contributed by atoms with E-state index in [-0.39, 0.29) is 0 Å². The summed E-state index contributed by atoms with van der Waals surface area (Å²) in [6, 6.07) is 75.8. The molecular weight excluding hydrogens is 655 g/mol. The van der Waals surface area contributed by atoms with Crippen molar-refractivity contribution in [3.63, 3.8) is 0 Å². The number of benzene rings is 9. The number of hydrogen-bond acceptors (Lipinski definition) is 2. The van der Waals surface area contributed by atoms with Crippen LogP contribution in [0.2, 0.25) is 0 Å². The molecule has 0 unspecified atom stereocenters. The number of hydrogen-bond donors (Lipinski definition) is 0. The quantitative estimate of drug-likeness (QED) is 0.166. The van der Waals surface area contributed by atoms with E-state index >= 15 is 0 Å². The van der Waals surface area contributed by atoms with Gasteiger partial charge in [0.1, 0.15) is 11.2 Å². The minimum absolute atomic E-state index is 0.894. The molecule has 0 saturated carbocycles. The van der Waals surface area contributed by atoms with Crippen LogP contribution in [-0.2, 0) is 0 Å². The van der Waals surface area contributed by atoms with Gasteiger partial charge in [0.25, 0.3) is 0 Å². The van der Waals surface area contributed by atoms with Crippen LogP contribution >= 0.6 is 0 Å². The summed E-state index contributed by atoms with van der Waals surface area (Å²) in [7, 11) is 0. The largest absolute Gasteiger partial charge is 0.455 e. The summed E-state index contributed by atoms with van der Waals surface area (Å²) in [6.07, 6.45) is 0. The average Bonchev–Trinajstić information content (AvgIpc) is 3.63. The zero-order valence-corrected chi connectivity index (χ0v) is 29.6. The second-order valence-corrected chi connectivity index (χ2v) is 13.7. The van der Waals surface area contributed by atoms with Crippen molar-refractivity contribution in [2.75, 3.05) is 4.90 Å². The van der Waals surface area contributed by atoms with Gasteiger partial charge in [-0.25, -0.2) is 0 Å². The Labute approximate surface area is 314 Å². The van der Waals surface area contributed by atoms with Gasteiger partial charge in [-0.3, -0.25) is 0 Å². The lowest BCUT2D eigenvalue weighted by Crippen LogP contribution is -2.10. The van der Waals surface area contributed by atoms with Crippen LogP contribution in [0.5, 0.6) is 0 Å². The van der Waals surface area contributed by atoms with Gasteiger partial charge >= 0.3 is 0 Å². The van der Waals surface area contributed by atoms with E-state index in [0.29, 0.717) is 0 Å². The Morgan fingerprint density at radius 3 is 1.52 bits per heavy atom. The monoisotopic (exact) mass is 689 g/mol. The van der Waals surface area contributed by atoms with Crippen LogP contribution in [0, 0.1) is 0 Å². The van der Waals surface area contributed by atoms with Gasteiger partial charge in [0, 0.05) is 33.1 Å². The smallest absolute Gasteiger partial charge is 0.143 e. The maximum atomic E-state index is 6.47. The Morgan fingerprint density at radius 1 is 0.315 bits per heavy atom. The molecule has 2 heteroatoms. The van der Waals surface area contributed by atoms with E-state index in [9.17, 15) is 0 Å².